The van der Waals surface area contributed by atoms with Crippen molar-refractivity contribution in [2.24, 2.45) is 11.8 Å². The summed E-state index contributed by atoms with van der Waals surface area (Å²) in [6, 6.07) is 2.57. The Labute approximate surface area is 216 Å². The number of likely N-dealkylation sites (N-methyl/N-ethyl adjacent to an activating group) is 1. The van der Waals surface area contributed by atoms with Crippen LogP contribution in [-0.4, -0.2) is 70.3 Å². The number of nitrogens with one attached hydrogen (secondary N) is 2. The molecule has 8 heteroatoms. The molecule has 1 saturated heterocycles. The van der Waals surface area contributed by atoms with E-state index in [1.54, 1.807) is 43.4 Å². The van der Waals surface area contributed by atoms with E-state index in [0.29, 0.717) is 11.3 Å². The molecule has 2 rings (SSSR count). The number of piperidine rings is 1. The first-order valence-corrected chi connectivity index (χ1v) is 13.2. The quantitative estimate of drug-likeness (QED) is 0.477. The van der Waals surface area contributed by atoms with Crippen molar-refractivity contribution in [3.63, 3.8) is 0 Å². The number of rotatable bonds is 10. The molecular formula is C28H45N5O3. The van der Waals surface area contributed by atoms with Crippen molar-refractivity contribution in [2.45, 2.75) is 91.9 Å². The maximum Gasteiger partial charge on any atom is 0.251 e. The molecule has 200 valence electrons. The molecule has 0 aromatic carbocycles. The minimum atomic E-state index is -0.640. The van der Waals surface area contributed by atoms with Gasteiger partial charge in [0.1, 0.15) is 6.04 Å². The standard InChI is InChI=1S/C28H45N5O3/c1-18(2)24(17-21(7)26(34)30-22-12-14-29-15-13-22)32(8)28(36)25(19(3)4)31-27(35)23-11-9-10-16-33(23)20(5)6/h12-15,17-20,23-25H,9-11,16H2,1-8H3,(H,31,35)(H,29,30,34)/b21-17+/t23?,24-,25+/m1/s1. The van der Waals surface area contributed by atoms with Crippen molar-refractivity contribution in [2.75, 3.05) is 18.9 Å². The van der Waals surface area contributed by atoms with E-state index in [4.69, 9.17) is 0 Å². The first kappa shape index (κ1) is 29.5. The highest BCUT2D eigenvalue weighted by atomic mass is 16.2. The lowest BCUT2D eigenvalue weighted by molar-refractivity contribution is -0.140. The van der Waals surface area contributed by atoms with E-state index in [1.165, 1.54) is 0 Å². The van der Waals surface area contributed by atoms with Gasteiger partial charge in [-0.15, -0.1) is 0 Å². The van der Waals surface area contributed by atoms with Crippen LogP contribution in [0.3, 0.4) is 0 Å². The van der Waals surface area contributed by atoms with Gasteiger partial charge < -0.3 is 15.5 Å². The summed E-state index contributed by atoms with van der Waals surface area (Å²) in [5.74, 6) is -0.461. The summed E-state index contributed by atoms with van der Waals surface area (Å²) in [4.78, 5) is 47.6. The van der Waals surface area contributed by atoms with Crippen LogP contribution in [0.2, 0.25) is 0 Å². The number of pyridine rings is 1. The largest absolute Gasteiger partial charge is 0.343 e. The van der Waals surface area contributed by atoms with Gasteiger partial charge in [0.15, 0.2) is 0 Å². The second-order valence-corrected chi connectivity index (χ2v) is 10.8. The maximum absolute atomic E-state index is 13.7. The van der Waals surface area contributed by atoms with E-state index in [0.717, 1.165) is 25.8 Å². The Bertz CT molecular complexity index is 913. The molecule has 2 N–H and O–H groups in total. The third-order valence-corrected chi connectivity index (χ3v) is 6.94. The molecule has 1 aromatic rings. The molecule has 1 unspecified atom stereocenters. The zero-order chi connectivity index (χ0) is 27.0. The van der Waals surface area contributed by atoms with E-state index in [2.05, 4.69) is 34.4 Å². The zero-order valence-corrected chi connectivity index (χ0v) is 23.2. The topological polar surface area (TPSA) is 94.6 Å². The van der Waals surface area contributed by atoms with Gasteiger partial charge in [0.25, 0.3) is 5.91 Å². The monoisotopic (exact) mass is 499 g/mol. The second kappa shape index (κ2) is 13.5. The average molecular weight is 500 g/mol. The minimum absolute atomic E-state index is 0.0703. The summed E-state index contributed by atoms with van der Waals surface area (Å²) in [6.45, 7) is 14.8. The minimum Gasteiger partial charge on any atom is -0.343 e. The third kappa shape index (κ3) is 7.88. The van der Waals surface area contributed by atoms with Crippen LogP contribution >= 0.6 is 0 Å². The summed E-state index contributed by atoms with van der Waals surface area (Å²) < 4.78 is 0. The SMILES string of the molecule is C/C(=C\[C@H](C(C)C)N(C)C(=O)[C@@H](NC(=O)C1CCCCN1C(C)C)C(C)C)C(=O)Nc1ccncc1. The fraction of sp³-hybridized carbons (Fsp3) is 0.643. The van der Waals surface area contributed by atoms with Gasteiger partial charge in [-0.05, 0) is 64.1 Å². The summed E-state index contributed by atoms with van der Waals surface area (Å²) >= 11 is 0. The molecule has 0 saturated carbocycles. The van der Waals surface area contributed by atoms with Gasteiger partial charge in [-0.25, -0.2) is 0 Å². The summed E-state index contributed by atoms with van der Waals surface area (Å²) in [7, 11) is 1.75. The molecule has 3 atom stereocenters. The van der Waals surface area contributed by atoms with Crippen LogP contribution in [0, 0.1) is 11.8 Å². The first-order chi connectivity index (χ1) is 16.9. The zero-order valence-electron chi connectivity index (χ0n) is 23.2. The summed E-state index contributed by atoms with van der Waals surface area (Å²) in [5, 5.41) is 5.93. The Morgan fingerprint density at radius 2 is 1.69 bits per heavy atom. The van der Waals surface area contributed by atoms with Crippen LogP contribution < -0.4 is 10.6 Å². The lowest BCUT2D eigenvalue weighted by Gasteiger charge is -2.39. The Kier molecular flexibility index (Phi) is 11.1. The van der Waals surface area contributed by atoms with Gasteiger partial charge in [-0.1, -0.05) is 40.2 Å². The predicted octanol–water partition coefficient (Wildman–Crippen LogP) is 3.85. The highest BCUT2D eigenvalue weighted by Crippen LogP contribution is 2.21. The van der Waals surface area contributed by atoms with Gasteiger partial charge in [0.2, 0.25) is 11.8 Å². The highest BCUT2D eigenvalue weighted by Gasteiger charge is 2.36. The smallest absolute Gasteiger partial charge is 0.251 e. The lowest BCUT2D eigenvalue weighted by atomic mass is 9.95. The Morgan fingerprint density at radius 1 is 1.06 bits per heavy atom. The van der Waals surface area contributed by atoms with Crippen LogP contribution in [0.1, 0.15) is 67.7 Å². The molecule has 1 fully saturated rings. The number of nitrogens with zero attached hydrogens (tertiary/aromatic N) is 3. The molecule has 1 aromatic heterocycles. The number of aromatic nitrogens is 1. The van der Waals surface area contributed by atoms with Crippen molar-refractivity contribution in [1.82, 2.24) is 20.1 Å². The molecule has 1 aliphatic heterocycles. The van der Waals surface area contributed by atoms with Crippen molar-refractivity contribution in [1.29, 1.82) is 0 Å². The molecule has 36 heavy (non-hydrogen) atoms. The molecule has 0 radical (unpaired) electrons. The van der Waals surface area contributed by atoms with Gasteiger partial charge >= 0.3 is 0 Å². The fourth-order valence-electron chi connectivity index (χ4n) is 4.73. The number of likely N-dealkylation sites (tertiary alicyclic amines) is 1. The number of anilines is 1. The van der Waals surface area contributed by atoms with Gasteiger partial charge in [0.05, 0.1) is 12.1 Å². The number of amides is 3. The third-order valence-electron chi connectivity index (χ3n) is 6.94. The van der Waals surface area contributed by atoms with E-state index >= 15 is 0 Å². The normalized spacial score (nSPS) is 18.8. The van der Waals surface area contributed by atoms with E-state index < -0.39 is 6.04 Å². The van der Waals surface area contributed by atoms with Crippen molar-refractivity contribution in [3.8, 4) is 0 Å². The van der Waals surface area contributed by atoms with Gasteiger partial charge in [-0.2, -0.15) is 0 Å². The molecule has 0 aliphatic carbocycles. The molecular weight excluding hydrogens is 454 g/mol. The summed E-state index contributed by atoms with van der Waals surface area (Å²) in [6.07, 6.45) is 7.98. The fourth-order valence-corrected chi connectivity index (χ4v) is 4.73. The van der Waals surface area contributed by atoms with Crippen LogP contribution in [0.5, 0.6) is 0 Å². The highest BCUT2D eigenvalue weighted by molar-refractivity contribution is 6.03. The Morgan fingerprint density at radius 3 is 2.25 bits per heavy atom. The van der Waals surface area contributed by atoms with Crippen LogP contribution in [0.4, 0.5) is 5.69 Å². The molecule has 2 heterocycles. The van der Waals surface area contributed by atoms with Crippen LogP contribution in [-0.2, 0) is 14.4 Å². The Hall–Kier alpha value is -2.74. The maximum atomic E-state index is 13.7. The number of hydrogen-bond donors (Lipinski definition) is 2. The molecule has 8 nitrogen and oxygen atoms in total. The number of carbonyl (C=O) groups is 3. The second-order valence-electron chi connectivity index (χ2n) is 10.8. The van der Waals surface area contributed by atoms with E-state index in [-0.39, 0.29) is 47.7 Å². The number of hydrogen-bond acceptors (Lipinski definition) is 5. The van der Waals surface area contributed by atoms with E-state index in [1.807, 2.05) is 33.8 Å². The average Bonchev–Trinajstić information content (AvgIpc) is 2.84. The van der Waals surface area contributed by atoms with Crippen molar-refractivity contribution < 1.29 is 14.4 Å². The van der Waals surface area contributed by atoms with Crippen LogP contribution in [0.15, 0.2) is 36.2 Å². The van der Waals surface area contributed by atoms with Gasteiger partial charge in [-0.3, -0.25) is 24.3 Å². The molecule has 0 bridgehead atoms. The summed E-state index contributed by atoms with van der Waals surface area (Å²) in [5.41, 5.74) is 1.18. The first-order valence-electron chi connectivity index (χ1n) is 13.2. The van der Waals surface area contributed by atoms with Crippen molar-refractivity contribution >= 4 is 23.4 Å². The van der Waals surface area contributed by atoms with E-state index in [9.17, 15) is 14.4 Å². The van der Waals surface area contributed by atoms with Gasteiger partial charge in [0, 0.05) is 36.7 Å². The van der Waals surface area contributed by atoms with Crippen LogP contribution in [0.25, 0.3) is 0 Å². The number of carbonyl (C=O) groups excluding carboxylic acids is 3. The Balaban J connectivity index is 2.17. The van der Waals surface area contributed by atoms with Crippen molar-refractivity contribution in [3.05, 3.63) is 36.2 Å². The molecule has 3 amide bonds. The lowest BCUT2D eigenvalue weighted by Crippen LogP contribution is -2.58. The molecule has 1 aliphatic rings. The molecule has 0 spiro atoms. The predicted molar refractivity (Wildman–Crippen MR) is 144 cm³/mol.